The maximum atomic E-state index is 11.6. The van der Waals surface area contributed by atoms with Gasteiger partial charge in [0.1, 0.15) is 6.04 Å². The zero-order valence-corrected chi connectivity index (χ0v) is 13.3. The van der Waals surface area contributed by atoms with Gasteiger partial charge in [0.25, 0.3) is 0 Å². The quantitative estimate of drug-likeness (QED) is 0.867. The third kappa shape index (κ3) is 4.05. The highest BCUT2D eigenvalue weighted by atomic mass is 16.1. The first kappa shape index (κ1) is 16.0. The second-order valence-corrected chi connectivity index (χ2v) is 6.38. The predicted molar refractivity (Wildman–Crippen MR) is 86.0 cm³/mol. The first-order valence-corrected chi connectivity index (χ1v) is 7.83. The van der Waals surface area contributed by atoms with Crippen LogP contribution < -0.4 is 11.1 Å². The van der Waals surface area contributed by atoms with E-state index in [0.29, 0.717) is 12.5 Å². The Hall–Kier alpha value is -1.39. The van der Waals surface area contributed by atoms with E-state index >= 15 is 0 Å². The van der Waals surface area contributed by atoms with Crippen LogP contribution in [0, 0.1) is 5.92 Å². The third-order valence-electron chi connectivity index (χ3n) is 4.22. The maximum Gasteiger partial charge on any atom is 0.236 e. The van der Waals surface area contributed by atoms with Crippen molar-refractivity contribution in [3.63, 3.8) is 0 Å². The van der Waals surface area contributed by atoms with E-state index in [1.807, 2.05) is 0 Å². The molecule has 0 aromatic heterocycles. The second kappa shape index (κ2) is 7.05. The second-order valence-electron chi connectivity index (χ2n) is 6.38. The lowest BCUT2D eigenvalue weighted by atomic mass is 9.98. The van der Waals surface area contributed by atoms with Crippen molar-refractivity contribution in [3.8, 4) is 0 Å². The molecule has 1 aromatic rings. The first-order chi connectivity index (χ1) is 9.99. The molecule has 1 aromatic carbocycles. The summed E-state index contributed by atoms with van der Waals surface area (Å²) in [6.07, 6.45) is 1.10. The molecule has 1 heterocycles. The number of nitrogens with two attached hydrogens (primary N) is 1. The maximum absolute atomic E-state index is 11.6. The van der Waals surface area contributed by atoms with Crippen molar-refractivity contribution < 1.29 is 4.79 Å². The van der Waals surface area contributed by atoms with Gasteiger partial charge < -0.3 is 11.1 Å². The summed E-state index contributed by atoms with van der Waals surface area (Å²) in [6.45, 7) is 9.01. The van der Waals surface area contributed by atoms with Gasteiger partial charge in [-0.2, -0.15) is 0 Å². The van der Waals surface area contributed by atoms with Gasteiger partial charge in [-0.15, -0.1) is 0 Å². The molecule has 2 atom stereocenters. The summed E-state index contributed by atoms with van der Waals surface area (Å²) in [4.78, 5) is 13.8. The first-order valence-electron chi connectivity index (χ1n) is 7.83. The molecule has 0 aliphatic carbocycles. The van der Waals surface area contributed by atoms with E-state index in [1.165, 1.54) is 11.1 Å². The Bertz CT molecular complexity index is 469. The van der Waals surface area contributed by atoms with Crippen LogP contribution in [-0.2, 0) is 11.2 Å². The van der Waals surface area contributed by atoms with Gasteiger partial charge in [-0.25, -0.2) is 0 Å². The standard InChI is InChI=1S/C17H27N3O/c1-12(2)10-14-4-6-15(7-5-14)13(3)20-9-8-19-11-16(20)17(18)21/h4-7,12-13,16,19H,8-11H2,1-3H3,(H2,18,21). The van der Waals surface area contributed by atoms with E-state index < -0.39 is 0 Å². The zero-order chi connectivity index (χ0) is 15.4. The van der Waals surface area contributed by atoms with Crippen LogP contribution in [0.5, 0.6) is 0 Å². The predicted octanol–water partition coefficient (Wildman–Crippen LogP) is 1.71. The summed E-state index contributed by atoms with van der Waals surface area (Å²) in [5.74, 6) is 0.422. The topological polar surface area (TPSA) is 58.4 Å². The van der Waals surface area contributed by atoms with Crippen molar-refractivity contribution in [2.75, 3.05) is 19.6 Å². The van der Waals surface area contributed by atoms with Gasteiger partial charge in [0.15, 0.2) is 0 Å². The van der Waals surface area contributed by atoms with Gasteiger partial charge in [-0.05, 0) is 30.4 Å². The fraction of sp³-hybridized carbons (Fsp3) is 0.588. The fourth-order valence-electron chi connectivity index (χ4n) is 3.04. The Kier molecular flexibility index (Phi) is 5.37. The van der Waals surface area contributed by atoms with Crippen molar-refractivity contribution in [1.82, 2.24) is 10.2 Å². The van der Waals surface area contributed by atoms with Crippen LogP contribution in [0.1, 0.15) is 37.9 Å². The SMILES string of the molecule is CC(C)Cc1ccc(C(C)N2CCNCC2C(N)=O)cc1. The van der Waals surface area contributed by atoms with Gasteiger partial charge in [-0.1, -0.05) is 38.1 Å². The van der Waals surface area contributed by atoms with Crippen LogP contribution in [0.3, 0.4) is 0 Å². The Morgan fingerprint density at radius 1 is 1.33 bits per heavy atom. The lowest BCUT2D eigenvalue weighted by Gasteiger charge is -2.38. The summed E-state index contributed by atoms with van der Waals surface area (Å²) in [7, 11) is 0. The molecule has 1 saturated heterocycles. The number of benzene rings is 1. The van der Waals surface area contributed by atoms with Gasteiger partial charge in [0.05, 0.1) is 0 Å². The number of amides is 1. The van der Waals surface area contributed by atoms with Crippen molar-refractivity contribution in [3.05, 3.63) is 35.4 Å². The molecule has 116 valence electrons. The number of primary amides is 1. The van der Waals surface area contributed by atoms with Gasteiger partial charge in [-0.3, -0.25) is 9.69 Å². The van der Waals surface area contributed by atoms with E-state index in [4.69, 9.17) is 5.73 Å². The van der Waals surface area contributed by atoms with Gasteiger partial charge >= 0.3 is 0 Å². The Morgan fingerprint density at radius 3 is 2.57 bits per heavy atom. The van der Waals surface area contributed by atoms with Crippen molar-refractivity contribution in [1.29, 1.82) is 0 Å². The van der Waals surface area contributed by atoms with Gasteiger partial charge in [0, 0.05) is 25.7 Å². The third-order valence-corrected chi connectivity index (χ3v) is 4.22. The number of nitrogens with zero attached hydrogens (tertiary/aromatic N) is 1. The Morgan fingerprint density at radius 2 is 2.00 bits per heavy atom. The van der Waals surface area contributed by atoms with E-state index in [0.717, 1.165) is 19.5 Å². The lowest BCUT2D eigenvalue weighted by Crippen LogP contribution is -2.57. The molecule has 1 fully saturated rings. The van der Waals surface area contributed by atoms with E-state index in [-0.39, 0.29) is 18.0 Å². The average Bonchev–Trinajstić information content (AvgIpc) is 2.46. The Labute approximate surface area is 127 Å². The summed E-state index contributed by atoms with van der Waals surface area (Å²) in [6, 6.07) is 8.76. The molecular formula is C17H27N3O. The molecule has 0 bridgehead atoms. The van der Waals surface area contributed by atoms with Crippen LogP contribution in [0.15, 0.2) is 24.3 Å². The minimum Gasteiger partial charge on any atom is -0.368 e. The summed E-state index contributed by atoms with van der Waals surface area (Å²) >= 11 is 0. The van der Waals surface area contributed by atoms with Crippen molar-refractivity contribution in [2.45, 2.75) is 39.3 Å². The largest absolute Gasteiger partial charge is 0.368 e. The Balaban J connectivity index is 2.10. The van der Waals surface area contributed by atoms with Gasteiger partial charge in [0.2, 0.25) is 5.91 Å². The molecule has 1 amide bonds. The summed E-state index contributed by atoms with van der Waals surface area (Å²) in [5, 5.41) is 3.24. The van der Waals surface area contributed by atoms with E-state index in [1.54, 1.807) is 0 Å². The van der Waals surface area contributed by atoms with E-state index in [9.17, 15) is 4.79 Å². The number of hydrogen-bond acceptors (Lipinski definition) is 3. The van der Waals surface area contributed by atoms with Crippen LogP contribution in [0.4, 0.5) is 0 Å². The molecule has 2 unspecified atom stereocenters. The monoisotopic (exact) mass is 289 g/mol. The lowest BCUT2D eigenvalue weighted by molar-refractivity contribution is -0.124. The fourth-order valence-corrected chi connectivity index (χ4v) is 3.04. The molecule has 1 aliphatic rings. The molecule has 0 spiro atoms. The molecule has 2 rings (SSSR count). The highest BCUT2D eigenvalue weighted by molar-refractivity contribution is 5.80. The molecule has 0 radical (unpaired) electrons. The molecule has 3 N–H and O–H groups in total. The molecule has 4 heteroatoms. The number of carbonyl (C=O) groups is 1. The van der Waals surface area contributed by atoms with Crippen molar-refractivity contribution in [2.24, 2.45) is 11.7 Å². The van der Waals surface area contributed by atoms with Crippen LogP contribution in [-0.4, -0.2) is 36.5 Å². The minimum absolute atomic E-state index is 0.206. The highest BCUT2D eigenvalue weighted by Gasteiger charge is 2.30. The molecular weight excluding hydrogens is 262 g/mol. The molecule has 1 aliphatic heterocycles. The number of hydrogen-bond donors (Lipinski definition) is 2. The van der Waals surface area contributed by atoms with Crippen molar-refractivity contribution >= 4 is 5.91 Å². The highest BCUT2D eigenvalue weighted by Crippen LogP contribution is 2.24. The number of nitrogens with one attached hydrogen (secondary N) is 1. The summed E-state index contributed by atoms with van der Waals surface area (Å²) < 4.78 is 0. The molecule has 21 heavy (non-hydrogen) atoms. The smallest absolute Gasteiger partial charge is 0.236 e. The zero-order valence-electron chi connectivity index (χ0n) is 13.3. The summed E-state index contributed by atoms with van der Waals surface area (Å²) in [5.41, 5.74) is 8.15. The van der Waals surface area contributed by atoms with Crippen LogP contribution in [0.25, 0.3) is 0 Å². The number of piperazine rings is 1. The van der Waals surface area contributed by atoms with E-state index in [2.05, 4.69) is 55.3 Å². The number of carbonyl (C=O) groups excluding carboxylic acids is 1. The molecule has 0 saturated carbocycles. The average molecular weight is 289 g/mol. The number of rotatable bonds is 5. The minimum atomic E-state index is -0.245. The molecule has 4 nitrogen and oxygen atoms in total. The van der Waals surface area contributed by atoms with Crippen LogP contribution in [0.2, 0.25) is 0 Å². The normalized spacial score (nSPS) is 21.4. The van der Waals surface area contributed by atoms with Crippen LogP contribution >= 0.6 is 0 Å².